The van der Waals surface area contributed by atoms with Gasteiger partial charge in [-0.15, -0.1) is 0 Å². The summed E-state index contributed by atoms with van der Waals surface area (Å²) in [6.45, 7) is 3.91. The lowest BCUT2D eigenvalue weighted by atomic mass is 10.1. The van der Waals surface area contributed by atoms with Gasteiger partial charge in [0.2, 0.25) is 6.41 Å². The van der Waals surface area contributed by atoms with Gasteiger partial charge in [-0.2, -0.15) is 0 Å². The Kier molecular flexibility index (Phi) is 12.2. The van der Waals surface area contributed by atoms with E-state index in [0.717, 1.165) is 0 Å². The average Bonchev–Trinajstić information content (AvgIpc) is 3.32. The van der Waals surface area contributed by atoms with Gasteiger partial charge in [0.15, 0.2) is 6.29 Å². The van der Waals surface area contributed by atoms with Gasteiger partial charge in [-0.05, 0) is 25.5 Å². The fourth-order valence-electron chi connectivity index (χ4n) is 2.72. The van der Waals surface area contributed by atoms with E-state index in [-0.39, 0.29) is 18.4 Å². The Morgan fingerprint density at radius 1 is 1.31 bits per heavy atom. The van der Waals surface area contributed by atoms with Crippen LogP contribution in [0, 0.1) is 0 Å². The molecule has 10 nitrogen and oxygen atoms in total. The quantitative estimate of drug-likeness (QED) is 0.226. The van der Waals surface area contributed by atoms with Gasteiger partial charge in [-0.3, -0.25) is 14.9 Å². The van der Waals surface area contributed by atoms with Gasteiger partial charge in [-0.25, -0.2) is 5.09 Å². The molecule has 2 amide bonds. The van der Waals surface area contributed by atoms with E-state index in [0.29, 0.717) is 44.9 Å². The molecule has 1 aliphatic rings. The molecule has 3 unspecified atom stereocenters. The summed E-state index contributed by atoms with van der Waals surface area (Å²) in [5.74, 6) is 0.218. The molecule has 178 valence electrons. The highest BCUT2D eigenvalue weighted by molar-refractivity contribution is 7.45. The van der Waals surface area contributed by atoms with E-state index < -0.39 is 14.4 Å². The molecule has 1 heterocycles. The molecule has 1 aromatic rings. The maximum Gasteiger partial charge on any atom is 0.318 e. The van der Waals surface area contributed by atoms with E-state index in [4.69, 9.17) is 23.3 Å². The Labute approximate surface area is 190 Å². The molecular weight excluding hydrogens is 437 g/mol. The highest BCUT2D eigenvalue weighted by Crippen LogP contribution is 2.36. The zero-order valence-corrected chi connectivity index (χ0v) is 19.5. The number of nitrogens with zero attached hydrogens (tertiary/aromatic N) is 1. The summed E-state index contributed by atoms with van der Waals surface area (Å²) >= 11 is 0. The summed E-state index contributed by atoms with van der Waals surface area (Å²) in [6.07, 6.45) is 3.39. The topological polar surface area (TPSA) is 108 Å². The number of rotatable bonds is 15. The molecule has 1 aromatic carbocycles. The van der Waals surface area contributed by atoms with Gasteiger partial charge < -0.3 is 28.2 Å². The first kappa shape index (κ1) is 26.2. The molecule has 0 bridgehead atoms. The van der Waals surface area contributed by atoms with E-state index in [2.05, 4.69) is 10.4 Å². The average molecular weight is 469 g/mol. The van der Waals surface area contributed by atoms with Crippen LogP contribution >= 0.6 is 8.53 Å². The number of amides is 2. The minimum atomic E-state index is -1.45. The second kappa shape index (κ2) is 14.9. The number of para-hydroxylation sites is 1. The van der Waals surface area contributed by atoms with Crippen molar-refractivity contribution in [3.63, 3.8) is 0 Å². The summed E-state index contributed by atoms with van der Waals surface area (Å²) in [6, 6.07) is 9.48. The Hall–Kier alpha value is -2.07. The number of ether oxygens (including phenoxy) is 3. The van der Waals surface area contributed by atoms with Crippen molar-refractivity contribution in [1.29, 1.82) is 0 Å². The predicted molar refractivity (Wildman–Crippen MR) is 120 cm³/mol. The van der Waals surface area contributed by atoms with Gasteiger partial charge in [0, 0.05) is 32.5 Å². The van der Waals surface area contributed by atoms with Crippen LogP contribution in [0.15, 0.2) is 42.6 Å². The third kappa shape index (κ3) is 10.0. The molecular formula is C21H32N3O7P. The smallest absolute Gasteiger partial charge is 0.318 e. The number of nitrogens with one attached hydrogen (secondary N) is 2. The molecule has 11 heteroatoms. The van der Waals surface area contributed by atoms with E-state index >= 15 is 0 Å². The maximum atomic E-state index is 11.4. The van der Waals surface area contributed by atoms with Gasteiger partial charge in [0.1, 0.15) is 5.75 Å². The van der Waals surface area contributed by atoms with Crippen molar-refractivity contribution in [2.45, 2.75) is 31.8 Å². The zero-order chi connectivity index (χ0) is 23.2. The Bertz CT molecular complexity index is 704. The normalized spacial score (nSPS) is 17.1. The number of imide groups is 1. The maximum absolute atomic E-state index is 11.4. The third-order valence-electron chi connectivity index (χ3n) is 4.68. The molecule has 2 rings (SSSR count). The fourth-order valence-corrected chi connectivity index (χ4v) is 3.85. The minimum Gasteiger partial charge on any atom is -0.436 e. The summed E-state index contributed by atoms with van der Waals surface area (Å²) in [5.41, 5.74) is 0. The van der Waals surface area contributed by atoms with Crippen LogP contribution in [-0.4, -0.2) is 76.2 Å². The van der Waals surface area contributed by atoms with Crippen LogP contribution in [0.1, 0.15) is 13.3 Å². The van der Waals surface area contributed by atoms with Crippen molar-refractivity contribution in [2.75, 3.05) is 40.5 Å². The van der Waals surface area contributed by atoms with Crippen molar-refractivity contribution >= 4 is 20.8 Å². The highest BCUT2D eigenvalue weighted by Gasteiger charge is 2.23. The summed E-state index contributed by atoms with van der Waals surface area (Å²) in [4.78, 5) is 23.6. The number of hydrogen-bond acceptors (Lipinski definition) is 9. The third-order valence-corrected chi connectivity index (χ3v) is 5.88. The lowest BCUT2D eigenvalue weighted by Crippen LogP contribution is -2.32. The number of carbonyl (C=O) groups is 2. The van der Waals surface area contributed by atoms with Gasteiger partial charge in [0.25, 0.3) is 5.91 Å². The standard InChI is InChI=1S/C21H32N3O7P/c1-17(24(2)10-9-20(26)22-16-25)13-19(27-3)15-30-32(23-14-21-28-11-12-29-21)31-18-7-5-4-6-8-18/h4-10,16-17,19,21,23H,11-15H2,1-3H3,(H,22,25,26)/b10-9-. The van der Waals surface area contributed by atoms with E-state index in [9.17, 15) is 9.59 Å². The molecule has 2 N–H and O–H groups in total. The van der Waals surface area contributed by atoms with Crippen LogP contribution in [0.4, 0.5) is 0 Å². The number of hydrogen-bond donors (Lipinski definition) is 2. The van der Waals surface area contributed by atoms with Crippen molar-refractivity contribution in [1.82, 2.24) is 15.3 Å². The van der Waals surface area contributed by atoms with Crippen LogP contribution in [0.5, 0.6) is 5.75 Å². The van der Waals surface area contributed by atoms with Gasteiger partial charge in [0.05, 0.1) is 32.5 Å². The molecule has 1 aliphatic heterocycles. The minimum absolute atomic E-state index is 0.0540. The van der Waals surface area contributed by atoms with Gasteiger partial charge >= 0.3 is 8.53 Å². The van der Waals surface area contributed by atoms with Crippen LogP contribution in [0.2, 0.25) is 0 Å². The molecule has 1 fully saturated rings. The van der Waals surface area contributed by atoms with Crippen molar-refractivity contribution in [2.24, 2.45) is 0 Å². The Morgan fingerprint density at radius 3 is 2.69 bits per heavy atom. The largest absolute Gasteiger partial charge is 0.436 e. The first-order valence-corrected chi connectivity index (χ1v) is 11.5. The van der Waals surface area contributed by atoms with Crippen molar-refractivity contribution in [3.05, 3.63) is 42.6 Å². The molecule has 0 aliphatic carbocycles. The first-order valence-electron chi connectivity index (χ1n) is 10.3. The highest BCUT2D eigenvalue weighted by atomic mass is 31.2. The second-order valence-electron chi connectivity index (χ2n) is 7.04. The molecule has 32 heavy (non-hydrogen) atoms. The van der Waals surface area contributed by atoms with Crippen LogP contribution < -0.4 is 14.9 Å². The molecule has 0 spiro atoms. The molecule has 3 atom stereocenters. The first-order chi connectivity index (χ1) is 15.5. The fraction of sp³-hybridized carbons (Fsp3) is 0.524. The van der Waals surface area contributed by atoms with Crippen LogP contribution in [0.3, 0.4) is 0 Å². The van der Waals surface area contributed by atoms with E-state index in [1.54, 1.807) is 13.3 Å². The predicted octanol–water partition coefficient (Wildman–Crippen LogP) is 1.78. The monoisotopic (exact) mass is 469 g/mol. The molecule has 0 saturated carbocycles. The van der Waals surface area contributed by atoms with E-state index in [1.807, 2.05) is 49.2 Å². The molecule has 0 radical (unpaired) electrons. The lowest BCUT2D eigenvalue weighted by Gasteiger charge is -2.28. The number of methoxy groups -OCH3 is 1. The van der Waals surface area contributed by atoms with Gasteiger partial charge in [-0.1, -0.05) is 18.2 Å². The van der Waals surface area contributed by atoms with Crippen LogP contribution in [0.25, 0.3) is 0 Å². The van der Waals surface area contributed by atoms with Crippen molar-refractivity contribution in [3.8, 4) is 5.75 Å². The molecule has 0 aromatic heterocycles. The lowest BCUT2D eigenvalue weighted by molar-refractivity contribution is -0.121. The Morgan fingerprint density at radius 2 is 2.03 bits per heavy atom. The summed E-state index contributed by atoms with van der Waals surface area (Å²) in [5, 5.41) is 5.29. The second-order valence-corrected chi connectivity index (χ2v) is 8.31. The summed E-state index contributed by atoms with van der Waals surface area (Å²) in [7, 11) is 2.02. The molecule has 1 saturated heterocycles. The number of benzene rings is 1. The van der Waals surface area contributed by atoms with E-state index in [1.165, 1.54) is 6.08 Å². The van der Waals surface area contributed by atoms with Crippen LogP contribution in [-0.2, 0) is 28.3 Å². The van der Waals surface area contributed by atoms with Crippen molar-refractivity contribution < 1.29 is 32.8 Å². The Balaban J connectivity index is 1.86. The SMILES string of the molecule is COC(COP(NCC1OCCO1)Oc1ccccc1)CC(C)N(C)/C=C\C(=O)NC=O. The summed E-state index contributed by atoms with van der Waals surface area (Å²) < 4.78 is 28.5. The number of carbonyl (C=O) groups excluding carboxylic acids is 2. The zero-order valence-electron chi connectivity index (χ0n) is 18.6.